The lowest BCUT2D eigenvalue weighted by Gasteiger charge is -1.94. The lowest BCUT2D eigenvalue weighted by Crippen LogP contribution is -2.04. The molecule has 0 saturated heterocycles. The minimum Gasteiger partial charge on any atom is -0.461 e. The number of ether oxygens (including phenoxy) is 1. The van der Waals surface area contributed by atoms with E-state index >= 15 is 0 Å². The quantitative estimate of drug-likeness (QED) is 0.731. The minimum absolute atomic E-state index is 0. The van der Waals surface area contributed by atoms with E-state index in [9.17, 15) is 4.79 Å². The first-order valence-electron chi connectivity index (χ1n) is 2.90. The maximum Gasteiger partial charge on any atom is 0.357 e. The molecule has 0 spiro atoms. The first kappa shape index (κ1) is 14.2. The topological polar surface area (TPSA) is 39.2 Å². The van der Waals surface area contributed by atoms with Crippen molar-refractivity contribution in [3.05, 3.63) is 16.6 Å². The normalized spacial score (nSPS) is 7.75. The lowest BCUT2D eigenvalue weighted by molar-refractivity contribution is 0.0520. The van der Waals surface area contributed by atoms with E-state index in [-0.39, 0.29) is 30.8 Å². The maximum atomic E-state index is 10.8. The van der Waals surface area contributed by atoms with Crippen LogP contribution in [0, 0.1) is 0 Å². The molecule has 0 aliphatic rings. The Morgan fingerprint density at radius 1 is 1.67 bits per heavy atom. The number of rotatable bonds is 2. The maximum absolute atomic E-state index is 10.8. The van der Waals surface area contributed by atoms with E-state index in [1.165, 1.54) is 11.3 Å². The van der Waals surface area contributed by atoms with Crippen LogP contribution in [0.1, 0.15) is 17.4 Å². The van der Waals surface area contributed by atoms with Crippen molar-refractivity contribution in [1.29, 1.82) is 0 Å². The fourth-order valence-corrected chi connectivity index (χ4v) is 1.04. The van der Waals surface area contributed by atoms with Gasteiger partial charge in [0.25, 0.3) is 0 Å². The molecule has 0 radical (unpaired) electrons. The standard InChI is InChI=1S/C6H7NO2S.2ClH/c1-2-9-6(8)5-3-10-4-7-5;;/h3-4H,2H2,1H3;2*1H. The number of esters is 1. The largest absolute Gasteiger partial charge is 0.461 e. The summed E-state index contributed by atoms with van der Waals surface area (Å²) in [6.07, 6.45) is 0. The second-order valence-electron chi connectivity index (χ2n) is 1.59. The SMILES string of the molecule is CCOC(=O)c1cscn1.Cl.Cl. The summed E-state index contributed by atoms with van der Waals surface area (Å²) in [7, 11) is 0. The van der Waals surface area contributed by atoms with E-state index in [0.29, 0.717) is 12.3 Å². The molecule has 0 aliphatic heterocycles. The van der Waals surface area contributed by atoms with Crippen molar-refractivity contribution in [3.63, 3.8) is 0 Å². The third-order valence-electron chi connectivity index (χ3n) is 0.917. The predicted molar refractivity (Wildman–Crippen MR) is 52.6 cm³/mol. The molecule has 1 aromatic rings. The number of carbonyl (C=O) groups excluding carboxylic acids is 1. The van der Waals surface area contributed by atoms with E-state index in [1.807, 2.05) is 0 Å². The molecular formula is C6H9Cl2NO2S. The van der Waals surface area contributed by atoms with Gasteiger partial charge in [-0.05, 0) is 6.92 Å². The van der Waals surface area contributed by atoms with Crippen LogP contribution in [-0.2, 0) is 4.74 Å². The molecule has 12 heavy (non-hydrogen) atoms. The molecule has 1 rings (SSSR count). The number of hydrogen-bond acceptors (Lipinski definition) is 4. The zero-order valence-electron chi connectivity index (χ0n) is 6.35. The lowest BCUT2D eigenvalue weighted by atomic mass is 10.5. The summed E-state index contributed by atoms with van der Waals surface area (Å²) >= 11 is 1.38. The summed E-state index contributed by atoms with van der Waals surface area (Å²) in [5.41, 5.74) is 2.00. The Labute approximate surface area is 87.0 Å². The highest BCUT2D eigenvalue weighted by Gasteiger charge is 2.06. The summed E-state index contributed by atoms with van der Waals surface area (Å²) in [6, 6.07) is 0. The van der Waals surface area contributed by atoms with Crippen LogP contribution < -0.4 is 0 Å². The van der Waals surface area contributed by atoms with Crippen molar-refractivity contribution in [2.24, 2.45) is 0 Å². The van der Waals surface area contributed by atoms with Gasteiger partial charge in [0.05, 0.1) is 12.1 Å². The van der Waals surface area contributed by atoms with Crippen molar-refractivity contribution < 1.29 is 9.53 Å². The number of halogens is 2. The fraction of sp³-hybridized carbons (Fsp3) is 0.333. The van der Waals surface area contributed by atoms with Gasteiger partial charge in [-0.1, -0.05) is 0 Å². The van der Waals surface area contributed by atoms with Crippen LogP contribution in [0.4, 0.5) is 0 Å². The smallest absolute Gasteiger partial charge is 0.357 e. The van der Waals surface area contributed by atoms with E-state index < -0.39 is 0 Å². The van der Waals surface area contributed by atoms with Crippen LogP contribution in [0.15, 0.2) is 10.9 Å². The molecule has 0 aliphatic carbocycles. The minimum atomic E-state index is -0.344. The zero-order valence-corrected chi connectivity index (χ0v) is 8.80. The molecule has 6 heteroatoms. The summed E-state index contributed by atoms with van der Waals surface area (Å²) in [5, 5.41) is 1.66. The van der Waals surface area contributed by atoms with Gasteiger partial charge in [-0.25, -0.2) is 9.78 Å². The van der Waals surface area contributed by atoms with Gasteiger partial charge in [0.15, 0.2) is 5.69 Å². The molecular weight excluding hydrogens is 221 g/mol. The summed E-state index contributed by atoms with van der Waals surface area (Å²) in [4.78, 5) is 14.6. The van der Waals surface area contributed by atoms with Gasteiger partial charge in [0, 0.05) is 5.38 Å². The molecule has 0 saturated carbocycles. The highest BCUT2D eigenvalue weighted by Crippen LogP contribution is 2.01. The number of aromatic nitrogens is 1. The van der Waals surface area contributed by atoms with Gasteiger partial charge in [-0.15, -0.1) is 36.2 Å². The van der Waals surface area contributed by atoms with E-state index in [2.05, 4.69) is 4.98 Å². The van der Waals surface area contributed by atoms with Crippen molar-refractivity contribution in [3.8, 4) is 0 Å². The van der Waals surface area contributed by atoms with E-state index in [0.717, 1.165) is 0 Å². The first-order valence-corrected chi connectivity index (χ1v) is 3.84. The highest BCUT2D eigenvalue weighted by atomic mass is 35.5. The van der Waals surface area contributed by atoms with Crippen LogP contribution in [0.2, 0.25) is 0 Å². The molecule has 0 aromatic carbocycles. The van der Waals surface area contributed by atoms with Gasteiger partial charge in [0.1, 0.15) is 0 Å². The first-order chi connectivity index (χ1) is 4.84. The average molecular weight is 230 g/mol. The fourth-order valence-electron chi connectivity index (χ4n) is 0.518. The van der Waals surface area contributed by atoms with Crippen LogP contribution in [0.3, 0.4) is 0 Å². The number of nitrogens with zero attached hydrogens (tertiary/aromatic N) is 1. The molecule has 0 unspecified atom stereocenters. The second kappa shape index (κ2) is 7.34. The van der Waals surface area contributed by atoms with Crippen LogP contribution >= 0.6 is 36.2 Å². The van der Waals surface area contributed by atoms with Gasteiger partial charge in [-0.3, -0.25) is 0 Å². The molecule has 1 aromatic heterocycles. The molecule has 0 atom stereocenters. The molecule has 0 amide bonds. The predicted octanol–water partition coefficient (Wildman–Crippen LogP) is 2.16. The van der Waals surface area contributed by atoms with Gasteiger partial charge in [-0.2, -0.15) is 0 Å². The highest BCUT2D eigenvalue weighted by molar-refractivity contribution is 7.07. The van der Waals surface area contributed by atoms with Crippen molar-refractivity contribution in [2.45, 2.75) is 6.92 Å². The number of thiazole rings is 1. The average Bonchev–Trinajstić information content (AvgIpc) is 2.38. The molecule has 3 nitrogen and oxygen atoms in total. The van der Waals surface area contributed by atoms with E-state index in [4.69, 9.17) is 4.74 Å². The van der Waals surface area contributed by atoms with Crippen LogP contribution in [-0.4, -0.2) is 17.6 Å². The van der Waals surface area contributed by atoms with Crippen molar-refractivity contribution >= 4 is 42.1 Å². The number of hydrogen-bond donors (Lipinski definition) is 0. The van der Waals surface area contributed by atoms with Crippen molar-refractivity contribution in [2.75, 3.05) is 6.61 Å². The Bertz CT molecular complexity index is 215. The van der Waals surface area contributed by atoms with Gasteiger partial charge in [0.2, 0.25) is 0 Å². The zero-order chi connectivity index (χ0) is 7.40. The summed E-state index contributed by atoms with van der Waals surface area (Å²) < 4.78 is 4.69. The summed E-state index contributed by atoms with van der Waals surface area (Å²) in [5.74, 6) is -0.344. The van der Waals surface area contributed by atoms with Crippen LogP contribution in [0.25, 0.3) is 0 Å². The third kappa shape index (κ3) is 3.90. The third-order valence-corrected chi connectivity index (χ3v) is 1.50. The molecule has 0 bridgehead atoms. The van der Waals surface area contributed by atoms with E-state index in [1.54, 1.807) is 17.8 Å². The molecule has 0 N–H and O–H groups in total. The Kier molecular flexibility index (Phi) is 8.69. The molecule has 1 heterocycles. The monoisotopic (exact) mass is 229 g/mol. The van der Waals surface area contributed by atoms with Gasteiger partial charge >= 0.3 is 5.97 Å². The number of carbonyl (C=O) groups is 1. The molecule has 0 fully saturated rings. The summed E-state index contributed by atoms with van der Waals surface area (Å²) in [6.45, 7) is 2.17. The Morgan fingerprint density at radius 3 is 2.75 bits per heavy atom. The second-order valence-corrected chi connectivity index (χ2v) is 2.31. The van der Waals surface area contributed by atoms with Gasteiger partial charge < -0.3 is 4.74 Å². The Hall–Kier alpha value is -0.320. The Balaban J connectivity index is 0. The Morgan fingerprint density at radius 2 is 2.33 bits per heavy atom. The molecule has 70 valence electrons. The van der Waals surface area contributed by atoms with Crippen molar-refractivity contribution in [1.82, 2.24) is 4.98 Å². The van der Waals surface area contributed by atoms with Crippen LogP contribution in [0.5, 0.6) is 0 Å².